The Morgan fingerprint density at radius 1 is 1.04 bits per heavy atom. The maximum atomic E-state index is 10.2. The number of aliphatic hydroxyl groups excluding tert-OH is 1. The predicted octanol–water partition coefficient (Wildman–Crippen LogP) is 1.89. The van der Waals surface area contributed by atoms with Gasteiger partial charge in [0.05, 0.1) is 6.10 Å². The zero-order chi connectivity index (χ0) is 17.8. The fourth-order valence-corrected chi connectivity index (χ4v) is 5.44. The fraction of sp³-hybridized carbons (Fsp3) is 1.00. The number of nitrogens with one attached hydrogen (secondary N) is 1. The molecule has 0 spiro atoms. The summed E-state index contributed by atoms with van der Waals surface area (Å²) in [5.74, 6) is 0.593. The third kappa shape index (κ3) is 7.47. The van der Waals surface area contributed by atoms with E-state index < -0.39 is 8.80 Å². The first kappa shape index (κ1) is 22.0. The van der Waals surface area contributed by atoms with E-state index in [0.29, 0.717) is 5.92 Å². The highest BCUT2D eigenvalue weighted by Gasteiger charge is 2.39. The van der Waals surface area contributed by atoms with E-state index >= 15 is 0 Å². The van der Waals surface area contributed by atoms with Gasteiger partial charge in [0.1, 0.15) is 0 Å². The van der Waals surface area contributed by atoms with Crippen LogP contribution in [0.1, 0.15) is 51.4 Å². The number of rotatable bonds is 13. The van der Waals surface area contributed by atoms with E-state index in [9.17, 15) is 5.11 Å². The Hall–Kier alpha value is -0.0231. The van der Waals surface area contributed by atoms with E-state index in [2.05, 4.69) is 5.32 Å². The third-order valence-electron chi connectivity index (χ3n) is 5.25. The summed E-state index contributed by atoms with van der Waals surface area (Å²) in [6.45, 7) is 1.76. The Balaban J connectivity index is 2.31. The minimum absolute atomic E-state index is 0.210. The minimum Gasteiger partial charge on any atom is -0.392 e. The van der Waals surface area contributed by atoms with Gasteiger partial charge in [-0.1, -0.05) is 12.8 Å². The van der Waals surface area contributed by atoms with Crippen LogP contribution in [0.5, 0.6) is 0 Å². The van der Waals surface area contributed by atoms with Crippen molar-refractivity contribution in [1.29, 1.82) is 0 Å². The minimum atomic E-state index is -2.48. The van der Waals surface area contributed by atoms with Crippen LogP contribution in [0.3, 0.4) is 0 Å². The van der Waals surface area contributed by atoms with Gasteiger partial charge in [0.25, 0.3) is 0 Å². The third-order valence-corrected chi connectivity index (χ3v) is 8.02. The van der Waals surface area contributed by atoms with Crippen LogP contribution in [-0.2, 0) is 13.3 Å². The van der Waals surface area contributed by atoms with Gasteiger partial charge in [0.2, 0.25) is 0 Å². The van der Waals surface area contributed by atoms with Gasteiger partial charge < -0.3 is 29.4 Å². The summed E-state index contributed by atoms with van der Waals surface area (Å²) < 4.78 is 16.5. The van der Waals surface area contributed by atoms with Crippen LogP contribution in [0, 0.1) is 5.92 Å². The first-order valence-electron chi connectivity index (χ1n) is 9.37. The molecule has 144 valence electrons. The molecule has 3 atom stereocenters. The molecule has 1 saturated carbocycles. The molecular weight excluding hydrogens is 324 g/mol. The Morgan fingerprint density at radius 3 is 2.33 bits per heavy atom. The molecule has 0 bridgehead atoms. The van der Waals surface area contributed by atoms with Crippen molar-refractivity contribution in [1.82, 2.24) is 5.32 Å². The number of hydrogen-bond acceptors (Lipinski definition) is 6. The van der Waals surface area contributed by atoms with Crippen molar-refractivity contribution in [2.75, 3.05) is 34.4 Å². The van der Waals surface area contributed by atoms with E-state index in [-0.39, 0.29) is 12.1 Å². The lowest BCUT2D eigenvalue weighted by Gasteiger charge is -2.35. The van der Waals surface area contributed by atoms with Crippen LogP contribution in [0.15, 0.2) is 0 Å². The van der Waals surface area contributed by atoms with Gasteiger partial charge in [-0.05, 0) is 57.5 Å². The number of nitrogens with two attached hydrogens (primary N) is 1. The van der Waals surface area contributed by atoms with Crippen LogP contribution < -0.4 is 11.1 Å². The van der Waals surface area contributed by atoms with Crippen molar-refractivity contribution in [2.24, 2.45) is 11.7 Å². The van der Waals surface area contributed by atoms with Crippen LogP contribution in [-0.4, -0.2) is 60.5 Å². The largest absolute Gasteiger partial charge is 0.500 e. The van der Waals surface area contributed by atoms with E-state index in [1.165, 1.54) is 12.8 Å². The molecule has 1 aliphatic carbocycles. The van der Waals surface area contributed by atoms with Crippen molar-refractivity contribution >= 4 is 8.80 Å². The number of hydrogen-bond donors (Lipinski definition) is 3. The quantitative estimate of drug-likeness (QED) is 0.343. The summed E-state index contributed by atoms with van der Waals surface area (Å²) in [4.78, 5) is 0. The number of unbranched alkanes of at least 4 members (excludes halogenated alkanes) is 3. The van der Waals surface area contributed by atoms with E-state index in [1.807, 2.05) is 0 Å². The second kappa shape index (κ2) is 12.3. The van der Waals surface area contributed by atoms with Gasteiger partial charge >= 0.3 is 8.80 Å². The Morgan fingerprint density at radius 2 is 1.71 bits per heavy atom. The van der Waals surface area contributed by atoms with E-state index in [1.54, 1.807) is 21.3 Å². The summed E-state index contributed by atoms with van der Waals surface area (Å²) in [7, 11) is 2.52. The molecule has 0 radical (unpaired) electrons. The lowest BCUT2D eigenvalue weighted by molar-refractivity contribution is 0.0662. The van der Waals surface area contributed by atoms with Crippen LogP contribution in [0.4, 0.5) is 0 Å². The van der Waals surface area contributed by atoms with Crippen molar-refractivity contribution in [3.05, 3.63) is 0 Å². The number of aliphatic hydroxyl groups is 1. The lowest BCUT2D eigenvalue weighted by Crippen LogP contribution is -2.46. The topological polar surface area (TPSA) is 86.0 Å². The molecule has 0 saturated heterocycles. The maximum absolute atomic E-state index is 10.2. The molecular formula is C17H38N2O4Si. The zero-order valence-electron chi connectivity index (χ0n) is 15.8. The van der Waals surface area contributed by atoms with Gasteiger partial charge in [-0.3, -0.25) is 0 Å². The molecule has 24 heavy (non-hydrogen) atoms. The Bertz CT molecular complexity index is 311. The maximum Gasteiger partial charge on any atom is 0.500 e. The van der Waals surface area contributed by atoms with E-state index in [0.717, 1.165) is 57.7 Å². The van der Waals surface area contributed by atoms with Gasteiger partial charge in [0, 0.05) is 33.4 Å². The molecule has 0 aliphatic heterocycles. The molecule has 7 heteroatoms. The standard InChI is InChI=1S/C17H38N2O4Si/c1-21-24(22-2,23-3)13-10-15-8-9-17(20)16(14-15)19-12-7-5-4-6-11-18/h15-17,19-20H,4-14,18H2,1-3H3. The highest BCUT2D eigenvalue weighted by Crippen LogP contribution is 2.31. The monoisotopic (exact) mass is 362 g/mol. The van der Waals surface area contributed by atoms with Gasteiger partial charge in [-0.15, -0.1) is 0 Å². The van der Waals surface area contributed by atoms with Crippen LogP contribution in [0.25, 0.3) is 0 Å². The summed E-state index contributed by atoms with van der Waals surface area (Å²) in [5, 5.41) is 13.8. The molecule has 0 amide bonds. The van der Waals surface area contributed by atoms with Crippen molar-refractivity contribution < 1.29 is 18.4 Å². The van der Waals surface area contributed by atoms with Crippen molar-refractivity contribution in [3.8, 4) is 0 Å². The summed E-state index contributed by atoms with van der Waals surface area (Å²) in [6.07, 6.45) is 8.44. The molecule has 1 fully saturated rings. The van der Waals surface area contributed by atoms with E-state index in [4.69, 9.17) is 19.0 Å². The summed E-state index contributed by atoms with van der Waals surface area (Å²) in [5.41, 5.74) is 5.51. The lowest BCUT2D eigenvalue weighted by atomic mass is 9.82. The smallest absolute Gasteiger partial charge is 0.392 e. The average Bonchev–Trinajstić information content (AvgIpc) is 2.62. The molecule has 6 nitrogen and oxygen atoms in total. The molecule has 1 aliphatic rings. The fourth-order valence-electron chi connectivity index (χ4n) is 3.57. The molecule has 4 N–H and O–H groups in total. The van der Waals surface area contributed by atoms with Gasteiger partial charge in [0.15, 0.2) is 0 Å². The molecule has 3 unspecified atom stereocenters. The normalized spacial score (nSPS) is 25.1. The van der Waals surface area contributed by atoms with Gasteiger partial charge in [-0.2, -0.15) is 0 Å². The van der Waals surface area contributed by atoms with Crippen molar-refractivity contribution in [3.63, 3.8) is 0 Å². The molecule has 0 aromatic carbocycles. The van der Waals surface area contributed by atoms with Crippen molar-refractivity contribution in [2.45, 2.75) is 69.6 Å². The molecule has 0 heterocycles. The summed E-state index contributed by atoms with van der Waals surface area (Å²) >= 11 is 0. The zero-order valence-corrected chi connectivity index (χ0v) is 16.8. The highest BCUT2D eigenvalue weighted by molar-refractivity contribution is 6.60. The highest BCUT2D eigenvalue weighted by atomic mass is 28.4. The van der Waals surface area contributed by atoms with Gasteiger partial charge in [-0.25, -0.2) is 0 Å². The average molecular weight is 363 g/mol. The predicted molar refractivity (Wildman–Crippen MR) is 98.9 cm³/mol. The second-order valence-electron chi connectivity index (χ2n) is 6.84. The van der Waals surface area contributed by atoms with Crippen LogP contribution >= 0.6 is 0 Å². The molecule has 0 aromatic heterocycles. The SMILES string of the molecule is CO[Si](CCC1CCC(O)C(NCCCCCCN)C1)(OC)OC. The first-order chi connectivity index (χ1) is 11.6. The Kier molecular flexibility index (Phi) is 11.3. The Labute approximate surface area is 148 Å². The second-order valence-corrected chi connectivity index (χ2v) is 9.93. The first-order valence-corrected chi connectivity index (χ1v) is 11.3. The molecule has 0 aromatic rings. The van der Waals surface area contributed by atoms with Crippen LogP contribution in [0.2, 0.25) is 6.04 Å². The summed E-state index contributed by atoms with van der Waals surface area (Å²) in [6, 6.07) is 1.05. The molecule has 1 rings (SSSR count).